The van der Waals surface area contributed by atoms with Gasteiger partial charge in [0.25, 0.3) is 0 Å². The molecule has 0 aliphatic carbocycles. The van der Waals surface area contributed by atoms with Gasteiger partial charge in [-0.3, -0.25) is 0 Å². The van der Waals surface area contributed by atoms with Crippen LogP contribution < -0.4 is 5.32 Å². The summed E-state index contributed by atoms with van der Waals surface area (Å²) >= 11 is 1.61. The van der Waals surface area contributed by atoms with E-state index in [2.05, 4.69) is 5.32 Å². The second-order valence-corrected chi connectivity index (χ2v) is 8.38. The Bertz CT molecular complexity index is 474. The van der Waals surface area contributed by atoms with Gasteiger partial charge in [-0.05, 0) is 44.3 Å². The molecule has 98 valence electrons. The Morgan fingerprint density at radius 3 is 2.41 bits per heavy atom. The molecule has 0 aliphatic heterocycles. The van der Waals surface area contributed by atoms with E-state index in [1.807, 2.05) is 25.3 Å². The largest absolute Gasteiger partial charge is 0.308 e. The summed E-state index contributed by atoms with van der Waals surface area (Å²) in [5, 5.41) is 5.31. The summed E-state index contributed by atoms with van der Waals surface area (Å²) in [6, 6.07) is 1.88. The molecule has 0 radical (unpaired) electrons. The van der Waals surface area contributed by atoms with Crippen LogP contribution in [0.2, 0.25) is 0 Å². The normalized spacial score (nSPS) is 14.9. The summed E-state index contributed by atoms with van der Waals surface area (Å²) in [6.45, 7) is 8.34. The van der Waals surface area contributed by atoms with Crippen LogP contribution in [0.3, 0.4) is 0 Å². The molecule has 0 spiro atoms. The minimum Gasteiger partial charge on any atom is -0.308 e. The molecule has 1 aromatic heterocycles. The van der Waals surface area contributed by atoms with Gasteiger partial charge in [-0.25, -0.2) is 8.42 Å². The van der Waals surface area contributed by atoms with Crippen LogP contribution in [0.15, 0.2) is 11.4 Å². The van der Waals surface area contributed by atoms with Crippen molar-refractivity contribution in [1.29, 1.82) is 0 Å². The summed E-state index contributed by atoms with van der Waals surface area (Å²) in [7, 11) is -3.12. The first kappa shape index (κ1) is 14.7. The van der Waals surface area contributed by atoms with Gasteiger partial charge in [0.05, 0.1) is 10.8 Å². The lowest BCUT2D eigenvalue weighted by Crippen LogP contribution is -2.44. The molecule has 0 saturated heterocycles. The van der Waals surface area contributed by atoms with Crippen molar-refractivity contribution >= 4 is 21.2 Å². The molecular formula is C12H21NO2S2. The molecule has 1 aromatic rings. The predicted octanol–water partition coefficient (Wildman–Crippen LogP) is 2.53. The number of hydrogen-bond donors (Lipinski definition) is 1. The molecule has 0 bridgehead atoms. The lowest BCUT2D eigenvalue weighted by molar-refractivity contribution is 0.432. The Kier molecular flexibility index (Phi) is 4.38. The van der Waals surface area contributed by atoms with Crippen molar-refractivity contribution in [1.82, 2.24) is 5.32 Å². The van der Waals surface area contributed by atoms with Crippen molar-refractivity contribution in [3.63, 3.8) is 0 Å². The minimum absolute atomic E-state index is 0.150. The highest BCUT2D eigenvalue weighted by Gasteiger charge is 2.40. The topological polar surface area (TPSA) is 46.2 Å². The number of sulfone groups is 1. The first-order chi connectivity index (χ1) is 7.71. The monoisotopic (exact) mass is 275 g/mol. The Balaban J connectivity index is 3.24. The molecule has 1 rings (SSSR count). The molecule has 1 heterocycles. The van der Waals surface area contributed by atoms with Gasteiger partial charge in [0, 0.05) is 11.1 Å². The van der Waals surface area contributed by atoms with Crippen LogP contribution in [0.1, 0.15) is 37.3 Å². The standard InChI is InChI=1S/C12H21NO2S2/c1-6-13-11(10-9(2)7-8-16-10)12(3,4)17(5,14)15/h7-8,11,13H,6H2,1-5H3. The number of nitrogens with one attached hydrogen (secondary N) is 1. The molecule has 0 aromatic carbocycles. The van der Waals surface area contributed by atoms with Crippen molar-refractivity contribution < 1.29 is 8.42 Å². The lowest BCUT2D eigenvalue weighted by Gasteiger charge is -2.33. The molecule has 5 heteroatoms. The van der Waals surface area contributed by atoms with E-state index in [9.17, 15) is 8.42 Å². The number of thiophene rings is 1. The quantitative estimate of drug-likeness (QED) is 0.898. The van der Waals surface area contributed by atoms with E-state index in [-0.39, 0.29) is 6.04 Å². The zero-order valence-corrected chi connectivity index (χ0v) is 12.7. The van der Waals surface area contributed by atoms with Gasteiger partial charge in [-0.2, -0.15) is 0 Å². The lowest BCUT2D eigenvalue weighted by atomic mass is 9.99. The molecule has 3 nitrogen and oxygen atoms in total. The third-order valence-electron chi connectivity index (χ3n) is 3.22. The fourth-order valence-electron chi connectivity index (χ4n) is 1.75. The molecule has 1 unspecified atom stereocenters. The number of rotatable bonds is 5. The maximum Gasteiger partial charge on any atom is 0.154 e. The molecule has 0 aliphatic rings. The Labute approximate surface area is 108 Å². The Morgan fingerprint density at radius 2 is 2.06 bits per heavy atom. The van der Waals surface area contributed by atoms with Crippen molar-refractivity contribution in [3.8, 4) is 0 Å². The van der Waals surface area contributed by atoms with E-state index in [1.165, 1.54) is 6.26 Å². The smallest absolute Gasteiger partial charge is 0.154 e. The summed E-state index contributed by atoms with van der Waals surface area (Å²) in [5.74, 6) is 0. The molecular weight excluding hydrogens is 254 g/mol. The van der Waals surface area contributed by atoms with E-state index < -0.39 is 14.6 Å². The van der Waals surface area contributed by atoms with Gasteiger partial charge in [0.1, 0.15) is 0 Å². The van der Waals surface area contributed by atoms with Gasteiger partial charge in [-0.15, -0.1) is 11.3 Å². The first-order valence-electron chi connectivity index (χ1n) is 5.68. The van der Waals surface area contributed by atoms with Crippen molar-refractivity contribution in [3.05, 3.63) is 21.9 Å². The van der Waals surface area contributed by atoms with Crippen LogP contribution in [-0.2, 0) is 9.84 Å². The van der Waals surface area contributed by atoms with Gasteiger partial charge < -0.3 is 5.32 Å². The van der Waals surface area contributed by atoms with Crippen molar-refractivity contribution in [2.75, 3.05) is 12.8 Å². The SMILES string of the molecule is CCNC(c1sccc1C)C(C)(C)S(C)(=O)=O. The maximum absolute atomic E-state index is 11.9. The van der Waals surface area contributed by atoms with Crippen LogP contribution in [0.4, 0.5) is 0 Å². The van der Waals surface area contributed by atoms with Gasteiger partial charge >= 0.3 is 0 Å². The minimum atomic E-state index is -3.12. The fourth-order valence-corrected chi connectivity index (χ4v) is 3.64. The van der Waals surface area contributed by atoms with E-state index in [1.54, 1.807) is 25.2 Å². The highest BCUT2D eigenvalue weighted by atomic mass is 32.2. The summed E-state index contributed by atoms with van der Waals surface area (Å²) in [6.07, 6.45) is 1.31. The van der Waals surface area contributed by atoms with Gasteiger partial charge in [-0.1, -0.05) is 6.92 Å². The Hall–Kier alpha value is -0.390. The second-order valence-electron chi connectivity index (χ2n) is 4.83. The van der Waals surface area contributed by atoms with Crippen LogP contribution in [-0.4, -0.2) is 26.0 Å². The summed E-state index contributed by atoms with van der Waals surface area (Å²) < 4.78 is 23.1. The zero-order chi connectivity index (χ0) is 13.3. The average molecular weight is 275 g/mol. The third-order valence-corrected chi connectivity index (χ3v) is 6.45. The van der Waals surface area contributed by atoms with E-state index >= 15 is 0 Å². The van der Waals surface area contributed by atoms with E-state index in [4.69, 9.17) is 0 Å². The van der Waals surface area contributed by atoms with Crippen molar-refractivity contribution in [2.24, 2.45) is 0 Å². The van der Waals surface area contributed by atoms with E-state index in [0.717, 1.165) is 17.0 Å². The maximum atomic E-state index is 11.9. The Morgan fingerprint density at radius 1 is 1.47 bits per heavy atom. The highest BCUT2D eigenvalue weighted by Crippen LogP contribution is 2.36. The van der Waals surface area contributed by atoms with Crippen LogP contribution in [0.5, 0.6) is 0 Å². The second kappa shape index (κ2) is 5.08. The molecule has 0 saturated carbocycles. The number of hydrogen-bond acceptors (Lipinski definition) is 4. The molecule has 17 heavy (non-hydrogen) atoms. The third kappa shape index (κ3) is 2.89. The highest BCUT2D eigenvalue weighted by molar-refractivity contribution is 7.92. The zero-order valence-electron chi connectivity index (χ0n) is 11.1. The van der Waals surface area contributed by atoms with Gasteiger partial charge in [0.15, 0.2) is 9.84 Å². The van der Waals surface area contributed by atoms with Crippen LogP contribution in [0, 0.1) is 6.92 Å². The summed E-state index contributed by atoms with van der Waals surface area (Å²) in [4.78, 5) is 1.11. The first-order valence-corrected chi connectivity index (χ1v) is 8.46. The number of aryl methyl sites for hydroxylation is 1. The fraction of sp³-hybridized carbons (Fsp3) is 0.667. The molecule has 0 amide bonds. The molecule has 0 fully saturated rings. The van der Waals surface area contributed by atoms with Crippen molar-refractivity contribution in [2.45, 2.75) is 38.5 Å². The predicted molar refractivity (Wildman–Crippen MR) is 74.4 cm³/mol. The molecule has 1 atom stereocenters. The van der Waals surface area contributed by atoms with Crippen LogP contribution >= 0.6 is 11.3 Å². The average Bonchev–Trinajstić information content (AvgIpc) is 2.58. The van der Waals surface area contributed by atoms with E-state index in [0.29, 0.717) is 0 Å². The summed E-state index contributed by atoms with van der Waals surface area (Å²) in [5.41, 5.74) is 1.15. The van der Waals surface area contributed by atoms with Gasteiger partial charge in [0.2, 0.25) is 0 Å². The van der Waals surface area contributed by atoms with Crippen LogP contribution in [0.25, 0.3) is 0 Å². The molecule has 1 N–H and O–H groups in total.